The topological polar surface area (TPSA) is 101 Å². The number of carbonyl (C=O) groups is 1. The van der Waals surface area contributed by atoms with E-state index >= 15 is 0 Å². The van der Waals surface area contributed by atoms with E-state index in [-0.39, 0.29) is 15.4 Å². The maximum atomic E-state index is 13.2. The van der Waals surface area contributed by atoms with Gasteiger partial charge in [0.25, 0.3) is 15.9 Å². The van der Waals surface area contributed by atoms with Crippen molar-refractivity contribution in [2.45, 2.75) is 17.3 Å². The van der Waals surface area contributed by atoms with E-state index in [4.69, 9.17) is 0 Å². The van der Waals surface area contributed by atoms with Crippen molar-refractivity contribution >= 4 is 32.4 Å². The number of nitrogens with zero attached hydrogens (tertiary/aromatic N) is 2. The van der Waals surface area contributed by atoms with E-state index in [1.165, 1.54) is 0 Å². The lowest BCUT2D eigenvalue weighted by Gasteiger charge is -2.20. The molecular formula is C23H20N4O3S2. The Morgan fingerprint density at radius 2 is 1.50 bits per heavy atom. The van der Waals surface area contributed by atoms with Gasteiger partial charge in [-0.2, -0.15) is 4.72 Å². The molecule has 0 bridgehead atoms. The monoisotopic (exact) mass is 464 g/mol. The summed E-state index contributed by atoms with van der Waals surface area (Å²) in [4.78, 5) is 12.3. The Balaban J connectivity index is 1.60. The number of benzene rings is 3. The molecule has 0 fully saturated rings. The molecule has 7 nitrogen and oxygen atoms in total. The zero-order valence-corrected chi connectivity index (χ0v) is 18.7. The standard InChI is InChI=1S/C23H20N4O3S2/c1-16-10-8-9-15-19(16)20(17-11-4-2-5-12-17)27-32(29,30)23-26-25-22(31-23)24-21(28)18-13-6-3-7-14-18/h2-15,20,27H,1H3,(H,24,25,28)/t20-/m1/s1. The fraction of sp³-hybridized carbons (Fsp3) is 0.0870. The van der Waals surface area contributed by atoms with Crippen LogP contribution < -0.4 is 10.0 Å². The highest BCUT2D eigenvalue weighted by atomic mass is 32.2. The smallest absolute Gasteiger partial charge is 0.270 e. The van der Waals surface area contributed by atoms with Gasteiger partial charge in [0.15, 0.2) is 0 Å². The van der Waals surface area contributed by atoms with Gasteiger partial charge in [0.2, 0.25) is 9.47 Å². The van der Waals surface area contributed by atoms with Crippen molar-refractivity contribution in [3.63, 3.8) is 0 Å². The van der Waals surface area contributed by atoms with Crippen LogP contribution in [0.25, 0.3) is 0 Å². The Hall–Kier alpha value is -3.40. The summed E-state index contributed by atoms with van der Waals surface area (Å²) in [5.74, 6) is -0.388. The molecule has 1 atom stereocenters. The summed E-state index contributed by atoms with van der Waals surface area (Å²) in [6.45, 7) is 1.93. The van der Waals surface area contributed by atoms with Crippen LogP contribution in [0.1, 0.15) is 33.1 Å². The van der Waals surface area contributed by atoms with Gasteiger partial charge >= 0.3 is 0 Å². The number of aryl methyl sites for hydroxylation is 1. The van der Waals surface area contributed by atoms with E-state index < -0.39 is 16.1 Å². The minimum atomic E-state index is -4.01. The van der Waals surface area contributed by atoms with E-state index in [1.54, 1.807) is 30.3 Å². The van der Waals surface area contributed by atoms with Crippen molar-refractivity contribution in [3.8, 4) is 0 Å². The third-order valence-corrected chi connectivity index (χ3v) is 7.43. The fourth-order valence-corrected chi connectivity index (χ4v) is 5.32. The predicted molar refractivity (Wildman–Crippen MR) is 124 cm³/mol. The molecule has 0 radical (unpaired) electrons. The minimum Gasteiger partial charge on any atom is -0.296 e. The predicted octanol–water partition coefficient (Wildman–Crippen LogP) is 4.17. The Kier molecular flexibility index (Phi) is 6.40. The highest BCUT2D eigenvalue weighted by Gasteiger charge is 2.27. The van der Waals surface area contributed by atoms with E-state index in [2.05, 4.69) is 20.2 Å². The number of carbonyl (C=O) groups excluding carboxylic acids is 1. The van der Waals surface area contributed by atoms with Gasteiger partial charge in [-0.25, -0.2) is 8.42 Å². The number of sulfonamides is 1. The first kappa shape index (κ1) is 21.8. The number of aromatic nitrogens is 2. The summed E-state index contributed by atoms with van der Waals surface area (Å²) in [5, 5.41) is 10.3. The molecule has 4 aromatic rings. The quantitative estimate of drug-likeness (QED) is 0.400. The average Bonchev–Trinajstić information content (AvgIpc) is 3.29. The van der Waals surface area contributed by atoms with Crippen molar-refractivity contribution in [3.05, 3.63) is 107 Å². The minimum absolute atomic E-state index is 0.103. The molecule has 1 amide bonds. The van der Waals surface area contributed by atoms with Crippen LogP contribution in [-0.2, 0) is 10.0 Å². The molecule has 3 aromatic carbocycles. The molecule has 1 heterocycles. The number of hydrogen-bond acceptors (Lipinski definition) is 6. The number of rotatable bonds is 7. The molecule has 4 rings (SSSR count). The second kappa shape index (κ2) is 9.39. The van der Waals surface area contributed by atoms with Crippen LogP contribution in [0.15, 0.2) is 89.3 Å². The van der Waals surface area contributed by atoms with Gasteiger partial charge < -0.3 is 0 Å². The van der Waals surface area contributed by atoms with Gasteiger partial charge in [0, 0.05) is 5.56 Å². The van der Waals surface area contributed by atoms with Gasteiger partial charge in [0.05, 0.1) is 6.04 Å². The van der Waals surface area contributed by atoms with Crippen molar-refractivity contribution < 1.29 is 13.2 Å². The third-order valence-electron chi connectivity index (χ3n) is 4.80. The van der Waals surface area contributed by atoms with Crippen LogP contribution in [0.3, 0.4) is 0 Å². The van der Waals surface area contributed by atoms with E-state index in [9.17, 15) is 13.2 Å². The average molecular weight is 465 g/mol. The van der Waals surface area contributed by atoms with Gasteiger partial charge in [0.1, 0.15) is 0 Å². The number of nitrogens with one attached hydrogen (secondary N) is 2. The molecule has 0 aliphatic heterocycles. The summed E-state index contributed by atoms with van der Waals surface area (Å²) in [6.07, 6.45) is 0. The molecule has 0 aliphatic carbocycles. The summed E-state index contributed by atoms with van der Waals surface area (Å²) in [6, 6.07) is 24.9. The van der Waals surface area contributed by atoms with Crippen molar-refractivity contribution in [1.82, 2.24) is 14.9 Å². The van der Waals surface area contributed by atoms with E-state index in [1.807, 2.05) is 61.5 Å². The van der Waals surface area contributed by atoms with Crippen LogP contribution >= 0.6 is 11.3 Å². The van der Waals surface area contributed by atoms with Crippen molar-refractivity contribution in [2.75, 3.05) is 5.32 Å². The van der Waals surface area contributed by atoms with Gasteiger partial charge in [-0.1, -0.05) is 84.1 Å². The molecule has 0 aliphatic rings. The SMILES string of the molecule is Cc1ccccc1[C@H](NS(=O)(=O)c1nnc(NC(=O)c2ccccc2)s1)c1ccccc1. The normalized spacial score (nSPS) is 12.3. The maximum Gasteiger partial charge on any atom is 0.270 e. The third kappa shape index (κ3) is 4.91. The maximum absolute atomic E-state index is 13.2. The van der Waals surface area contributed by atoms with Crippen molar-refractivity contribution in [1.29, 1.82) is 0 Å². The first-order valence-corrected chi connectivity index (χ1v) is 12.1. The van der Waals surface area contributed by atoms with Crippen LogP contribution in [0.5, 0.6) is 0 Å². The molecule has 1 aromatic heterocycles. The van der Waals surface area contributed by atoms with Crippen LogP contribution in [0.2, 0.25) is 0 Å². The lowest BCUT2D eigenvalue weighted by molar-refractivity contribution is 0.102. The largest absolute Gasteiger partial charge is 0.296 e. The number of anilines is 1. The zero-order valence-electron chi connectivity index (χ0n) is 17.1. The number of amides is 1. The van der Waals surface area contributed by atoms with Crippen LogP contribution in [0.4, 0.5) is 5.13 Å². The lowest BCUT2D eigenvalue weighted by atomic mass is 9.96. The Morgan fingerprint density at radius 1 is 0.875 bits per heavy atom. The van der Waals surface area contributed by atoms with Crippen LogP contribution in [0, 0.1) is 6.92 Å². The molecule has 0 unspecified atom stereocenters. The molecule has 2 N–H and O–H groups in total. The first-order valence-electron chi connectivity index (χ1n) is 9.77. The van der Waals surface area contributed by atoms with E-state index in [0.717, 1.165) is 28.0 Å². The molecule has 32 heavy (non-hydrogen) atoms. The Bertz CT molecular complexity index is 1320. The molecule has 0 saturated heterocycles. The van der Waals surface area contributed by atoms with E-state index in [0.29, 0.717) is 5.56 Å². The van der Waals surface area contributed by atoms with Crippen LogP contribution in [-0.4, -0.2) is 24.5 Å². The number of hydrogen-bond donors (Lipinski definition) is 2. The molecule has 162 valence electrons. The highest BCUT2D eigenvalue weighted by molar-refractivity contribution is 7.91. The second-order valence-corrected chi connectivity index (χ2v) is 9.88. The fourth-order valence-electron chi connectivity index (χ4n) is 3.20. The molecule has 0 saturated carbocycles. The summed E-state index contributed by atoms with van der Waals surface area (Å²) < 4.78 is 28.8. The van der Waals surface area contributed by atoms with Crippen molar-refractivity contribution in [2.24, 2.45) is 0 Å². The Morgan fingerprint density at radius 3 is 2.19 bits per heavy atom. The molecule has 0 spiro atoms. The molecule has 9 heteroatoms. The lowest BCUT2D eigenvalue weighted by Crippen LogP contribution is -2.30. The summed E-state index contributed by atoms with van der Waals surface area (Å²) in [7, 11) is -4.01. The Labute approximate surface area is 190 Å². The summed E-state index contributed by atoms with van der Waals surface area (Å²) in [5.41, 5.74) is 3.03. The first-order chi connectivity index (χ1) is 15.4. The van der Waals surface area contributed by atoms with Gasteiger partial charge in [-0.15, -0.1) is 10.2 Å². The van der Waals surface area contributed by atoms with Gasteiger partial charge in [-0.3, -0.25) is 10.1 Å². The molecular weight excluding hydrogens is 444 g/mol. The second-order valence-electron chi connectivity index (χ2n) is 7.01. The summed E-state index contributed by atoms with van der Waals surface area (Å²) >= 11 is 0.795. The van der Waals surface area contributed by atoms with Gasteiger partial charge in [-0.05, 0) is 35.7 Å². The highest BCUT2D eigenvalue weighted by Crippen LogP contribution is 2.28. The zero-order chi connectivity index (χ0) is 22.6.